The van der Waals surface area contributed by atoms with Gasteiger partial charge in [0.2, 0.25) is 0 Å². The van der Waals surface area contributed by atoms with E-state index in [1.54, 1.807) is 7.05 Å². The molecule has 5 rings (SSSR count). The summed E-state index contributed by atoms with van der Waals surface area (Å²) in [5.74, 6) is -0.223. The number of oxazole rings is 1. The molecule has 10 heteroatoms. The smallest absolute Gasteiger partial charge is 0.294 e. The first kappa shape index (κ1) is 20.2. The summed E-state index contributed by atoms with van der Waals surface area (Å²) < 4.78 is 11.3. The van der Waals surface area contributed by atoms with Gasteiger partial charge < -0.3 is 35.0 Å². The third-order valence-corrected chi connectivity index (χ3v) is 5.94. The van der Waals surface area contributed by atoms with E-state index in [1.807, 2.05) is 0 Å². The van der Waals surface area contributed by atoms with E-state index in [0.29, 0.717) is 29.2 Å². The van der Waals surface area contributed by atoms with Crippen LogP contribution in [0.15, 0.2) is 28.7 Å². The number of aromatic nitrogens is 2. The molecular formula is C21H25ClN6O3. The molecule has 0 saturated carbocycles. The molecule has 164 valence electrons. The standard InChI is InChI=1S/C21H25ClN6O3/c1-23-16-17(26-19-18(16)31-21(22)27-19)20(29)25-7-6-12-2-4-13(5-3-12)28-10-14-8-24-9-15(11-28)30-14/h2-5,14-15,23-24,26H,6-11H2,1H3,(H,25,29). The van der Waals surface area contributed by atoms with Gasteiger partial charge in [0.15, 0.2) is 11.2 Å². The van der Waals surface area contributed by atoms with Crippen molar-refractivity contribution in [3.05, 3.63) is 40.9 Å². The van der Waals surface area contributed by atoms with E-state index in [4.69, 9.17) is 20.8 Å². The molecule has 0 radical (unpaired) electrons. The maximum Gasteiger partial charge on any atom is 0.294 e. The molecule has 9 nitrogen and oxygen atoms in total. The topological polar surface area (TPSA) is 107 Å². The van der Waals surface area contributed by atoms with Crippen molar-refractivity contribution in [1.82, 2.24) is 20.6 Å². The Hall–Kier alpha value is -2.75. The van der Waals surface area contributed by atoms with E-state index in [1.165, 1.54) is 11.3 Å². The predicted octanol–water partition coefficient (Wildman–Crippen LogP) is 2.00. The van der Waals surface area contributed by atoms with Crippen molar-refractivity contribution in [2.24, 2.45) is 0 Å². The summed E-state index contributed by atoms with van der Waals surface area (Å²) in [7, 11) is 1.72. The number of nitrogens with zero attached hydrogens (tertiary/aromatic N) is 2. The molecule has 2 bridgehead atoms. The number of rotatable bonds is 6. The number of nitrogens with one attached hydrogen (secondary N) is 4. The number of carbonyl (C=O) groups excluding carboxylic acids is 1. The molecule has 1 aromatic carbocycles. The summed E-state index contributed by atoms with van der Waals surface area (Å²) in [4.78, 5) is 22.0. The van der Waals surface area contributed by atoms with Crippen LogP contribution in [0.1, 0.15) is 16.1 Å². The Kier molecular flexibility index (Phi) is 5.47. The van der Waals surface area contributed by atoms with Gasteiger partial charge >= 0.3 is 0 Å². The number of benzene rings is 1. The molecule has 4 N–H and O–H groups in total. The maximum absolute atomic E-state index is 12.6. The zero-order valence-corrected chi connectivity index (χ0v) is 18.0. The number of fused-ring (bicyclic) bond motifs is 3. The second kappa shape index (κ2) is 8.41. The van der Waals surface area contributed by atoms with E-state index < -0.39 is 0 Å². The van der Waals surface area contributed by atoms with E-state index in [0.717, 1.165) is 32.6 Å². The zero-order chi connectivity index (χ0) is 21.4. The molecule has 0 aliphatic carbocycles. The largest absolute Gasteiger partial charge is 0.424 e. The molecule has 2 atom stereocenters. The van der Waals surface area contributed by atoms with Crippen LogP contribution in [-0.4, -0.2) is 67.9 Å². The van der Waals surface area contributed by atoms with Gasteiger partial charge in [-0.15, -0.1) is 0 Å². The van der Waals surface area contributed by atoms with Gasteiger partial charge in [0.25, 0.3) is 11.3 Å². The molecular weight excluding hydrogens is 420 g/mol. The first-order valence-corrected chi connectivity index (χ1v) is 10.8. The zero-order valence-electron chi connectivity index (χ0n) is 17.2. The fraction of sp³-hybridized carbons (Fsp3) is 0.429. The lowest BCUT2D eigenvalue weighted by atomic mass is 10.1. The number of aromatic amines is 1. The fourth-order valence-electron chi connectivity index (χ4n) is 4.30. The minimum absolute atomic E-state index is 0.0325. The fourth-order valence-corrected chi connectivity index (χ4v) is 4.46. The van der Waals surface area contributed by atoms with Crippen LogP contribution in [0, 0.1) is 0 Å². The van der Waals surface area contributed by atoms with Crippen molar-refractivity contribution in [2.45, 2.75) is 18.6 Å². The van der Waals surface area contributed by atoms with Gasteiger partial charge in [-0.2, -0.15) is 4.98 Å². The van der Waals surface area contributed by atoms with Gasteiger partial charge in [0.1, 0.15) is 11.4 Å². The Bertz CT molecular complexity index is 1070. The van der Waals surface area contributed by atoms with E-state index in [9.17, 15) is 4.79 Å². The highest BCUT2D eigenvalue weighted by atomic mass is 35.5. The van der Waals surface area contributed by atoms with Crippen LogP contribution in [0.3, 0.4) is 0 Å². The molecule has 0 spiro atoms. The number of ether oxygens (including phenoxy) is 1. The quantitative estimate of drug-likeness (QED) is 0.460. The van der Waals surface area contributed by atoms with Gasteiger partial charge in [0, 0.05) is 45.5 Å². The van der Waals surface area contributed by atoms with Crippen LogP contribution in [0.4, 0.5) is 11.4 Å². The van der Waals surface area contributed by atoms with Gasteiger partial charge in [-0.05, 0) is 35.7 Å². The SMILES string of the molecule is CNc1c(C(=O)NCCc2ccc(N3CC4CNCC(C3)O4)cc2)[nH]c2nc(Cl)oc12. The van der Waals surface area contributed by atoms with Crippen molar-refractivity contribution >= 4 is 40.1 Å². The second-order valence-electron chi connectivity index (χ2n) is 7.89. The van der Waals surface area contributed by atoms with Gasteiger partial charge in [-0.3, -0.25) is 4.79 Å². The average molecular weight is 445 g/mol. The van der Waals surface area contributed by atoms with Crippen molar-refractivity contribution < 1.29 is 13.9 Å². The molecule has 2 aliphatic rings. The van der Waals surface area contributed by atoms with Crippen LogP contribution in [0.2, 0.25) is 5.35 Å². The average Bonchev–Trinajstić information content (AvgIpc) is 3.29. The minimum Gasteiger partial charge on any atom is -0.424 e. The number of anilines is 2. The van der Waals surface area contributed by atoms with Crippen LogP contribution < -0.4 is 20.9 Å². The lowest BCUT2D eigenvalue weighted by Gasteiger charge is -2.42. The lowest BCUT2D eigenvalue weighted by Crippen LogP contribution is -2.58. The van der Waals surface area contributed by atoms with Crippen molar-refractivity contribution in [3.8, 4) is 0 Å². The van der Waals surface area contributed by atoms with Gasteiger partial charge in [-0.25, -0.2) is 0 Å². The first-order chi connectivity index (χ1) is 15.1. The highest BCUT2D eigenvalue weighted by molar-refractivity contribution is 6.28. The summed E-state index contributed by atoms with van der Waals surface area (Å²) in [6.07, 6.45) is 1.25. The van der Waals surface area contributed by atoms with Gasteiger partial charge in [0.05, 0.1) is 12.2 Å². The summed E-state index contributed by atoms with van der Waals surface area (Å²) in [5, 5.41) is 9.37. The highest BCUT2D eigenvalue weighted by Gasteiger charge is 2.31. The van der Waals surface area contributed by atoms with Gasteiger partial charge in [-0.1, -0.05) is 12.1 Å². The number of halogens is 1. The summed E-state index contributed by atoms with van der Waals surface area (Å²) >= 11 is 5.78. The Morgan fingerprint density at radius 2 is 2.00 bits per heavy atom. The molecule has 2 saturated heterocycles. The van der Waals surface area contributed by atoms with Crippen molar-refractivity contribution in [3.63, 3.8) is 0 Å². The number of hydrogen-bond acceptors (Lipinski definition) is 7. The van der Waals surface area contributed by atoms with Crippen LogP contribution >= 0.6 is 11.6 Å². The third-order valence-electron chi connectivity index (χ3n) is 5.78. The monoisotopic (exact) mass is 444 g/mol. The minimum atomic E-state index is -0.223. The Labute approximate surface area is 184 Å². The number of hydrogen-bond donors (Lipinski definition) is 4. The number of carbonyl (C=O) groups is 1. The molecule has 2 unspecified atom stereocenters. The van der Waals surface area contributed by atoms with Crippen molar-refractivity contribution in [2.75, 3.05) is 50.0 Å². The lowest BCUT2D eigenvalue weighted by molar-refractivity contribution is -0.0483. The molecule has 2 aliphatic heterocycles. The molecule has 31 heavy (non-hydrogen) atoms. The Morgan fingerprint density at radius 1 is 1.26 bits per heavy atom. The van der Waals surface area contributed by atoms with Crippen LogP contribution in [0.5, 0.6) is 0 Å². The van der Waals surface area contributed by atoms with Crippen LogP contribution in [0.25, 0.3) is 11.2 Å². The third kappa shape index (κ3) is 4.08. The van der Waals surface area contributed by atoms with E-state index in [-0.39, 0.29) is 23.5 Å². The highest BCUT2D eigenvalue weighted by Crippen LogP contribution is 2.29. The Balaban J connectivity index is 1.17. The molecule has 2 fully saturated rings. The summed E-state index contributed by atoms with van der Waals surface area (Å²) in [6, 6.07) is 8.55. The van der Waals surface area contributed by atoms with Crippen molar-refractivity contribution in [1.29, 1.82) is 0 Å². The molecule has 1 amide bonds. The molecule has 3 aromatic rings. The molecule has 4 heterocycles. The maximum atomic E-state index is 12.6. The number of amides is 1. The summed E-state index contributed by atoms with van der Waals surface area (Å²) in [6.45, 7) is 4.16. The van der Waals surface area contributed by atoms with Crippen LogP contribution in [-0.2, 0) is 11.2 Å². The second-order valence-corrected chi connectivity index (χ2v) is 8.21. The van der Waals surface area contributed by atoms with E-state index in [2.05, 4.69) is 55.1 Å². The number of morpholine rings is 2. The Morgan fingerprint density at radius 3 is 2.71 bits per heavy atom. The summed E-state index contributed by atoms with van der Waals surface area (Å²) in [5.41, 5.74) is 4.19. The normalized spacial score (nSPS) is 20.8. The van der Waals surface area contributed by atoms with E-state index >= 15 is 0 Å². The molecule has 2 aromatic heterocycles. The predicted molar refractivity (Wildman–Crippen MR) is 119 cm³/mol. The number of H-pyrrole nitrogens is 1. The first-order valence-electron chi connectivity index (χ1n) is 10.4.